The van der Waals surface area contributed by atoms with Crippen molar-refractivity contribution in [2.45, 2.75) is 26.3 Å². The Morgan fingerprint density at radius 2 is 1.81 bits per heavy atom. The van der Waals surface area contributed by atoms with Gasteiger partial charge < -0.3 is 20.7 Å². The van der Waals surface area contributed by atoms with Crippen molar-refractivity contribution in [2.75, 3.05) is 49.3 Å². The maximum atomic E-state index is 13.0. The number of nitrogens with zero attached hydrogens (tertiary/aromatic N) is 3. The summed E-state index contributed by atoms with van der Waals surface area (Å²) in [6.45, 7) is 2.79. The standard InChI is InChI=1S/C20H30BrN5O10S/c1-13(2)10-16(22)20(28)35-8-5-23-19(27)15-11-14(25(29)30)12-17(26(31)32)18(15)24(6-4-21)7-9-36-37(3,33)34/h11-13,16H,4-10,22H2,1-3H3,(H,23,27). The topological polar surface area (TPSA) is 214 Å². The van der Waals surface area contributed by atoms with Gasteiger partial charge in [-0.25, -0.2) is 0 Å². The summed E-state index contributed by atoms with van der Waals surface area (Å²) in [5, 5.41) is 25.9. The number of nitro benzene ring substituents is 2. The van der Waals surface area contributed by atoms with Crippen molar-refractivity contribution in [2.24, 2.45) is 11.7 Å². The van der Waals surface area contributed by atoms with Gasteiger partial charge in [0.1, 0.15) is 18.3 Å². The highest BCUT2D eigenvalue weighted by atomic mass is 79.9. The summed E-state index contributed by atoms with van der Waals surface area (Å²) in [6.07, 6.45) is 1.23. The molecule has 0 radical (unpaired) electrons. The number of rotatable bonds is 16. The van der Waals surface area contributed by atoms with Crippen LogP contribution in [0.25, 0.3) is 0 Å². The minimum Gasteiger partial charge on any atom is -0.463 e. The summed E-state index contributed by atoms with van der Waals surface area (Å²) in [6, 6.07) is 0.748. The van der Waals surface area contributed by atoms with E-state index in [1.165, 1.54) is 4.90 Å². The predicted octanol–water partition coefficient (Wildman–Crippen LogP) is 1.33. The third-order valence-electron chi connectivity index (χ3n) is 4.72. The number of hydrogen-bond acceptors (Lipinski definition) is 12. The van der Waals surface area contributed by atoms with Crippen molar-refractivity contribution in [3.05, 3.63) is 37.9 Å². The SMILES string of the molecule is CC(C)CC(N)C(=O)OCCNC(=O)c1cc([N+](=O)[O-])cc([N+](=O)[O-])c1N(CCBr)CCOS(C)(=O)=O. The summed E-state index contributed by atoms with van der Waals surface area (Å²) in [4.78, 5) is 47.7. The number of halogens is 1. The van der Waals surface area contributed by atoms with E-state index >= 15 is 0 Å². The van der Waals surface area contributed by atoms with Gasteiger partial charge in [0.05, 0.1) is 40.9 Å². The van der Waals surface area contributed by atoms with E-state index in [-0.39, 0.29) is 43.2 Å². The molecule has 1 aromatic rings. The number of carbonyl (C=O) groups is 2. The number of alkyl halides is 1. The second kappa shape index (κ2) is 14.7. The van der Waals surface area contributed by atoms with Gasteiger partial charge in [-0.3, -0.25) is 34.0 Å². The Bertz CT molecular complexity index is 1100. The molecule has 1 rings (SSSR count). The molecule has 0 aliphatic heterocycles. The van der Waals surface area contributed by atoms with E-state index in [0.717, 1.165) is 12.3 Å². The Hall–Kier alpha value is -2.89. The van der Waals surface area contributed by atoms with Crippen molar-refractivity contribution in [3.8, 4) is 0 Å². The second-order valence-electron chi connectivity index (χ2n) is 8.24. The number of hydrogen-bond donors (Lipinski definition) is 2. The minimum atomic E-state index is -3.81. The predicted molar refractivity (Wildman–Crippen MR) is 137 cm³/mol. The van der Waals surface area contributed by atoms with Gasteiger partial charge in [-0.15, -0.1) is 0 Å². The first-order valence-corrected chi connectivity index (χ1v) is 13.9. The Morgan fingerprint density at radius 1 is 1.16 bits per heavy atom. The molecule has 1 amide bonds. The van der Waals surface area contributed by atoms with E-state index in [2.05, 4.69) is 21.2 Å². The van der Waals surface area contributed by atoms with Crippen LogP contribution in [-0.4, -0.2) is 80.6 Å². The number of benzene rings is 1. The number of ether oxygens (including phenoxy) is 1. The molecule has 0 saturated carbocycles. The van der Waals surface area contributed by atoms with Gasteiger partial charge in [0.2, 0.25) is 0 Å². The molecule has 3 N–H and O–H groups in total. The van der Waals surface area contributed by atoms with Crippen LogP contribution in [0.3, 0.4) is 0 Å². The summed E-state index contributed by atoms with van der Waals surface area (Å²) in [5.74, 6) is -1.41. The lowest BCUT2D eigenvalue weighted by molar-refractivity contribution is -0.393. The highest BCUT2D eigenvalue weighted by Gasteiger charge is 2.31. The fourth-order valence-corrected chi connectivity index (χ4v) is 4.02. The number of nitrogens with two attached hydrogens (primary N) is 1. The molecule has 15 nitrogen and oxygen atoms in total. The molecule has 0 aliphatic carbocycles. The summed E-state index contributed by atoms with van der Waals surface area (Å²) in [5.41, 5.74) is 3.65. The van der Waals surface area contributed by atoms with E-state index in [1.54, 1.807) is 0 Å². The molecule has 1 aromatic carbocycles. The molecular formula is C20H30BrN5O10S. The van der Waals surface area contributed by atoms with Crippen LogP contribution in [0.4, 0.5) is 17.1 Å². The molecule has 0 aliphatic rings. The highest BCUT2D eigenvalue weighted by molar-refractivity contribution is 9.09. The van der Waals surface area contributed by atoms with Gasteiger partial charge in [0.25, 0.3) is 27.4 Å². The quantitative estimate of drug-likeness (QED) is 0.0675. The van der Waals surface area contributed by atoms with Gasteiger partial charge in [-0.05, 0) is 12.3 Å². The van der Waals surface area contributed by atoms with Crippen molar-refractivity contribution in [1.29, 1.82) is 0 Å². The Kier molecular flexibility index (Phi) is 12.8. The van der Waals surface area contributed by atoms with E-state index in [9.17, 15) is 38.2 Å². The van der Waals surface area contributed by atoms with Gasteiger partial charge in [-0.1, -0.05) is 29.8 Å². The fourth-order valence-electron chi connectivity index (χ4n) is 3.21. The molecule has 37 heavy (non-hydrogen) atoms. The summed E-state index contributed by atoms with van der Waals surface area (Å²) < 4.78 is 32.4. The molecular weight excluding hydrogens is 582 g/mol. The summed E-state index contributed by atoms with van der Waals surface area (Å²) in [7, 11) is -3.81. The first kappa shape index (κ1) is 32.1. The van der Waals surface area contributed by atoms with Crippen LogP contribution in [0.15, 0.2) is 12.1 Å². The van der Waals surface area contributed by atoms with Crippen molar-refractivity contribution in [1.82, 2.24) is 5.32 Å². The largest absolute Gasteiger partial charge is 0.463 e. The molecule has 208 valence electrons. The van der Waals surface area contributed by atoms with E-state index in [0.29, 0.717) is 12.5 Å². The van der Waals surface area contributed by atoms with Crippen molar-refractivity contribution >= 4 is 55.0 Å². The zero-order chi connectivity index (χ0) is 28.3. The molecule has 17 heteroatoms. The molecule has 0 saturated heterocycles. The average molecular weight is 612 g/mol. The minimum absolute atomic E-state index is 0.0669. The fraction of sp³-hybridized carbons (Fsp3) is 0.600. The smallest absolute Gasteiger partial charge is 0.322 e. The molecule has 1 unspecified atom stereocenters. The number of nitrogens with one attached hydrogen (secondary N) is 1. The van der Waals surface area contributed by atoms with Crippen LogP contribution in [-0.2, 0) is 23.8 Å². The molecule has 1 atom stereocenters. The first-order chi connectivity index (χ1) is 17.2. The Morgan fingerprint density at radius 3 is 2.32 bits per heavy atom. The molecule has 0 heterocycles. The lowest BCUT2D eigenvalue weighted by Crippen LogP contribution is -2.36. The van der Waals surface area contributed by atoms with Gasteiger partial charge in [0.15, 0.2) is 0 Å². The maximum absolute atomic E-state index is 13.0. The van der Waals surface area contributed by atoms with Crippen LogP contribution in [0.1, 0.15) is 30.6 Å². The number of non-ortho nitro benzene ring substituents is 1. The number of amides is 1. The van der Waals surface area contributed by atoms with Crippen LogP contribution < -0.4 is 16.0 Å². The highest BCUT2D eigenvalue weighted by Crippen LogP contribution is 2.36. The van der Waals surface area contributed by atoms with E-state index in [4.69, 9.17) is 14.7 Å². The third-order valence-corrected chi connectivity index (χ3v) is 5.67. The number of carbonyl (C=O) groups excluding carboxylic acids is 2. The normalized spacial score (nSPS) is 12.2. The van der Waals surface area contributed by atoms with Crippen LogP contribution in [0.5, 0.6) is 0 Å². The molecule has 0 bridgehead atoms. The van der Waals surface area contributed by atoms with E-state index in [1.807, 2.05) is 13.8 Å². The van der Waals surface area contributed by atoms with Crippen molar-refractivity contribution < 1.29 is 36.8 Å². The summed E-state index contributed by atoms with van der Waals surface area (Å²) >= 11 is 3.19. The van der Waals surface area contributed by atoms with Gasteiger partial charge >= 0.3 is 5.97 Å². The third kappa shape index (κ3) is 10.9. The zero-order valence-corrected chi connectivity index (χ0v) is 22.9. The number of anilines is 1. The lowest BCUT2D eigenvalue weighted by Gasteiger charge is -2.25. The van der Waals surface area contributed by atoms with E-state index < -0.39 is 61.4 Å². The molecule has 0 aromatic heterocycles. The Labute approximate surface area is 222 Å². The average Bonchev–Trinajstić information content (AvgIpc) is 2.78. The van der Waals surface area contributed by atoms with Gasteiger partial charge in [-0.2, -0.15) is 8.42 Å². The lowest BCUT2D eigenvalue weighted by atomic mass is 10.1. The zero-order valence-electron chi connectivity index (χ0n) is 20.5. The maximum Gasteiger partial charge on any atom is 0.322 e. The van der Waals surface area contributed by atoms with Gasteiger partial charge in [0, 0.05) is 24.5 Å². The monoisotopic (exact) mass is 611 g/mol. The van der Waals surface area contributed by atoms with Crippen LogP contribution in [0.2, 0.25) is 0 Å². The Balaban J connectivity index is 3.25. The first-order valence-electron chi connectivity index (χ1n) is 11.0. The number of esters is 1. The molecule has 0 fully saturated rings. The van der Waals surface area contributed by atoms with Crippen LogP contribution >= 0.6 is 15.9 Å². The van der Waals surface area contributed by atoms with Crippen molar-refractivity contribution in [3.63, 3.8) is 0 Å². The van der Waals surface area contributed by atoms with Crippen LogP contribution in [0, 0.1) is 26.1 Å². The molecule has 0 spiro atoms. The number of nitro groups is 2. The second-order valence-corrected chi connectivity index (χ2v) is 10.7.